The van der Waals surface area contributed by atoms with E-state index < -0.39 is 0 Å². The molecule has 0 heterocycles. The lowest BCUT2D eigenvalue weighted by Crippen LogP contribution is -2.33. The lowest BCUT2D eigenvalue weighted by Gasteiger charge is -2.18. The zero-order chi connectivity index (χ0) is 12.8. The quantitative estimate of drug-likeness (QED) is 0.846. The number of hydrogen-bond donors (Lipinski definition) is 2. The van der Waals surface area contributed by atoms with Gasteiger partial charge >= 0.3 is 0 Å². The molecule has 0 aliphatic rings. The Kier molecular flexibility index (Phi) is 6.09. The van der Waals surface area contributed by atoms with Gasteiger partial charge in [-0.25, -0.2) is 4.39 Å². The highest BCUT2D eigenvalue weighted by Crippen LogP contribution is 2.16. The molecule has 0 saturated heterocycles. The predicted molar refractivity (Wildman–Crippen MR) is 71.3 cm³/mol. The van der Waals surface area contributed by atoms with Gasteiger partial charge in [-0.15, -0.1) is 0 Å². The van der Waals surface area contributed by atoms with Crippen LogP contribution in [0.25, 0.3) is 0 Å². The molecule has 17 heavy (non-hydrogen) atoms. The highest BCUT2D eigenvalue weighted by atomic mass is 79.9. The van der Waals surface area contributed by atoms with Crippen molar-refractivity contribution >= 4 is 15.9 Å². The first kappa shape index (κ1) is 14.6. The minimum atomic E-state index is -0.256. The number of nitrogens with one attached hydrogen (secondary N) is 1. The van der Waals surface area contributed by atoms with Gasteiger partial charge in [0.05, 0.1) is 11.1 Å². The minimum absolute atomic E-state index is 0.0710. The predicted octanol–water partition coefficient (Wildman–Crippen LogP) is 3.08. The summed E-state index contributed by atoms with van der Waals surface area (Å²) in [6.07, 6.45) is 0.912. The molecular formula is C13H19BrFNO. The van der Waals surface area contributed by atoms with Crippen LogP contribution in [0.2, 0.25) is 0 Å². The van der Waals surface area contributed by atoms with E-state index in [4.69, 9.17) is 0 Å². The van der Waals surface area contributed by atoms with Crippen molar-refractivity contribution in [1.29, 1.82) is 0 Å². The van der Waals surface area contributed by atoms with Crippen molar-refractivity contribution in [3.8, 4) is 0 Å². The highest BCUT2D eigenvalue weighted by molar-refractivity contribution is 9.10. The molecule has 0 aliphatic carbocycles. The van der Waals surface area contributed by atoms with Crippen molar-refractivity contribution < 1.29 is 9.50 Å². The second-order valence-electron chi connectivity index (χ2n) is 4.64. The van der Waals surface area contributed by atoms with Crippen molar-refractivity contribution in [2.45, 2.75) is 32.9 Å². The monoisotopic (exact) mass is 303 g/mol. The van der Waals surface area contributed by atoms with Crippen molar-refractivity contribution in [2.24, 2.45) is 5.92 Å². The third-order valence-electron chi connectivity index (χ3n) is 2.56. The Labute approximate surface area is 110 Å². The maximum absolute atomic E-state index is 13.3. The molecular weight excluding hydrogens is 285 g/mol. The summed E-state index contributed by atoms with van der Waals surface area (Å²) in [7, 11) is 0. The summed E-state index contributed by atoms with van der Waals surface area (Å²) in [6, 6.07) is 5.13. The number of aliphatic hydroxyl groups is 1. The molecule has 0 fully saturated rings. The van der Waals surface area contributed by atoms with Gasteiger partial charge in [0.15, 0.2) is 0 Å². The summed E-state index contributed by atoms with van der Waals surface area (Å²) >= 11 is 3.12. The van der Waals surface area contributed by atoms with Gasteiger partial charge in [-0.05, 0) is 46.0 Å². The van der Waals surface area contributed by atoms with Crippen LogP contribution >= 0.6 is 15.9 Å². The SMILES string of the molecule is CC(C)CC(CO)NCc1ccc(Br)c(F)c1. The minimum Gasteiger partial charge on any atom is -0.395 e. The van der Waals surface area contributed by atoms with Gasteiger partial charge in [-0.2, -0.15) is 0 Å². The van der Waals surface area contributed by atoms with Crippen LogP contribution in [0.3, 0.4) is 0 Å². The van der Waals surface area contributed by atoms with Crippen molar-refractivity contribution in [1.82, 2.24) is 5.32 Å². The van der Waals surface area contributed by atoms with E-state index in [1.54, 1.807) is 6.07 Å². The first-order chi connectivity index (χ1) is 8.02. The number of hydrogen-bond acceptors (Lipinski definition) is 2. The fraction of sp³-hybridized carbons (Fsp3) is 0.538. The molecule has 0 aromatic heterocycles. The van der Waals surface area contributed by atoms with Gasteiger partial charge in [0, 0.05) is 12.6 Å². The van der Waals surface area contributed by atoms with E-state index in [2.05, 4.69) is 35.1 Å². The van der Waals surface area contributed by atoms with E-state index in [-0.39, 0.29) is 18.5 Å². The molecule has 0 amide bonds. The van der Waals surface area contributed by atoms with Crippen LogP contribution < -0.4 is 5.32 Å². The number of rotatable bonds is 6. The average Bonchev–Trinajstić information content (AvgIpc) is 2.28. The second kappa shape index (κ2) is 7.09. The highest BCUT2D eigenvalue weighted by Gasteiger charge is 2.09. The Morgan fingerprint density at radius 2 is 2.12 bits per heavy atom. The van der Waals surface area contributed by atoms with Crippen LogP contribution in [-0.2, 0) is 6.54 Å². The molecule has 2 N–H and O–H groups in total. The topological polar surface area (TPSA) is 32.3 Å². The van der Waals surface area contributed by atoms with E-state index in [9.17, 15) is 9.50 Å². The van der Waals surface area contributed by atoms with Crippen LogP contribution in [-0.4, -0.2) is 17.8 Å². The largest absolute Gasteiger partial charge is 0.395 e. The molecule has 1 aromatic carbocycles. The Bertz CT molecular complexity index is 357. The van der Waals surface area contributed by atoms with Gasteiger partial charge in [0.25, 0.3) is 0 Å². The van der Waals surface area contributed by atoms with Crippen LogP contribution in [0.5, 0.6) is 0 Å². The smallest absolute Gasteiger partial charge is 0.137 e. The summed E-state index contributed by atoms with van der Waals surface area (Å²) in [4.78, 5) is 0. The third-order valence-corrected chi connectivity index (χ3v) is 3.20. The summed E-state index contributed by atoms with van der Waals surface area (Å²) < 4.78 is 13.7. The molecule has 1 aromatic rings. The molecule has 96 valence electrons. The van der Waals surface area contributed by atoms with E-state index in [0.717, 1.165) is 12.0 Å². The van der Waals surface area contributed by atoms with Gasteiger partial charge in [-0.1, -0.05) is 19.9 Å². The number of aliphatic hydroxyl groups excluding tert-OH is 1. The van der Waals surface area contributed by atoms with Crippen molar-refractivity contribution in [2.75, 3.05) is 6.61 Å². The molecule has 0 spiro atoms. The zero-order valence-corrected chi connectivity index (χ0v) is 11.8. The Hall–Kier alpha value is -0.450. The average molecular weight is 304 g/mol. The molecule has 0 bridgehead atoms. The molecule has 0 aliphatic heterocycles. The van der Waals surface area contributed by atoms with E-state index in [0.29, 0.717) is 16.9 Å². The summed E-state index contributed by atoms with van der Waals surface area (Å²) in [5.41, 5.74) is 0.882. The molecule has 2 nitrogen and oxygen atoms in total. The van der Waals surface area contributed by atoms with Gasteiger partial charge in [0.2, 0.25) is 0 Å². The standard InChI is InChI=1S/C13H19BrFNO/c1-9(2)5-11(8-17)16-7-10-3-4-12(14)13(15)6-10/h3-4,6,9,11,16-17H,5,7-8H2,1-2H3. The zero-order valence-electron chi connectivity index (χ0n) is 10.2. The van der Waals surface area contributed by atoms with Crippen LogP contribution in [0, 0.1) is 11.7 Å². The summed E-state index contributed by atoms with van der Waals surface area (Å²) in [5, 5.41) is 12.4. The van der Waals surface area contributed by atoms with E-state index in [1.807, 2.05) is 6.07 Å². The molecule has 1 unspecified atom stereocenters. The van der Waals surface area contributed by atoms with Crippen LogP contribution in [0.15, 0.2) is 22.7 Å². The van der Waals surface area contributed by atoms with Gasteiger partial charge < -0.3 is 10.4 Å². The van der Waals surface area contributed by atoms with Gasteiger partial charge in [0.1, 0.15) is 5.82 Å². The van der Waals surface area contributed by atoms with Crippen LogP contribution in [0.1, 0.15) is 25.8 Å². The van der Waals surface area contributed by atoms with E-state index in [1.165, 1.54) is 6.07 Å². The normalized spacial score (nSPS) is 13.1. The second-order valence-corrected chi connectivity index (χ2v) is 5.49. The van der Waals surface area contributed by atoms with E-state index >= 15 is 0 Å². The number of halogens is 2. The first-order valence-corrected chi connectivity index (χ1v) is 6.60. The molecule has 1 atom stereocenters. The summed E-state index contributed by atoms with van der Waals surface area (Å²) in [6.45, 7) is 4.91. The van der Waals surface area contributed by atoms with Crippen molar-refractivity contribution in [3.05, 3.63) is 34.1 Å². The molecule has 1 rings (SSSR count). The van der Waals surface area contributed by atoms with Crippen LogP contribution in [0.4, 0.5) is 4.39 Å². The Balaban J connectivity index is 2.50. The Morgan fingerprint density at radius 1 is 1.41 bits per heavy atom. The third kappa shape index (κ3) is 5.15. The molecule has 0 radical (unpaired) electrons. The molecule has 4 heteroatoms. The lowest BCUT2D eigenvalue weighted by atomic mass is 10.0. The fourth-order valence-electron chi connectivity index (χ4n) is 1.70. The molecule has 0 saturated carbocycles. The fourth-order valence-corrected chi connectivity index (χ4v) is 1.95. The van der Waals surface area contributed by atoms with Crippen molar-refractivity contribution in [3.63, 3.8) is 0 Å². The maximum Gasteiger partial charge on any atom is 0.137 e. The summed E-state index contributed by atoms with van der Waals surface area (Å²) in [5.74, 6) is 0.273. The van der Waals surface area contributed by atoms with Gasteiger partial charge in [-0.3, -0.25) is 0 Å². The maximum atomic E-state index is 13.3. The Morgan fingerprint density at radius 3 is 2.65 bits per heavy atom. The number of benzene rings is 1. The lowest BCUT2D eigenvalue weighted by molar-refractivity contribution is 0.223. The first-order valence-electron chi connectivity index (χ1n) is 5.81.